The first-order chi connectivity index (χ1) is 7.93. The van der Waals surface area contributed by atoms with Crippen molar-refractivity contribution in [1.82, 2.24) is 4.90 Å². The molecule has 0 fully saturated rings. The van der Waals surface area contributed by atoms with Crippen molar-refractivity contribution in [2.24, 2.45) is 17.6 Å². The molecule has 0 aliphatic rings. The van der Waals surface area contributed by atoms with Crippen LogP contribution in [0.4, 0.5) is 0 Å². The van der Waals surface area contributed by atoms with Gasteiger partial charge in [0.25, 0.3) is 0 Å². The molecule has 0 spiro atoms. The molecule has 2 atom stereocenters. The van der Waals surface area contributed by atoms with Gasteiger partial charge in [0.1, 0.15) is 0 Å². The van der Waals surface area contributed by atoms with Crippen LogP contribution in [-0.2, 0) is 4.79 Å². The minimum atomic E-state index is 0.266. The van der Waals surface area contributed by atoms with Gasteiger partial charge in [-0.25, -0.2) is 0 Å². The van der Waals surface area contributed by atoms with E-state index < -0.39 is 0 Å². The van der Waals surface area contributed by atoms with E-state index in [2.05, 4.69) is 27.7 Å². The first-order valence-electron chi connectivity index (χ1n) is 6.89. The fourth-order valence-corrected chi connectivity index (χ4v) is 2.03. The Morgan fingerprint density at radius 3 is 2.24 bits per heavy atom. The number of nitrogens with zero attached hydrogens (tertiary/aromatic N) is 1. The Labute approximate surface area is 107 Å². The van der Waals surface area contributed by atoms with E-state index >= 15 is 0 Å². The Bertz CT molecular complexity index is 216. The summed E-state index contributed by atoms with van der Waals surface area (Å²) in [5.41, 5.74) is 5.61. The van der Waals surface area contributed by atoms with Crippen LogP contribution in [0, 0.1) is 11.8 Å². The Balaban J connectivity index is 4.11. The normalized spacial score (nSPS) is 14.8. The standard InChI is InChI=1S/C14H30N2O/c1-6-12(4)16(5)14(17)8-7-13(9-10-15)11(2)3/h11-13H,6-10,15H2,1-5H3. The number of hydrogen-bond acceptors (Lipinski definition) is 2. The van der Waals surface area contributed by atoms with Crippen molar-refractivity contribution in [1.29, 1.82) is 0 Å². The summed E-state index contributed by atoms with van der Waals surface area (Å²) in [6.07, 6.45) is 3.66. The maximum atomic E-state index is 12.0. The highest BCUT2D eigenvalue weighted by Gasteiger charge is 2.18. The van der Waals surface area contributed by atoms with E-state index in [-0.39, 0.29) is 5.91 Å². The van der Waals surface area contributed by atoms with Crippen molar-refractivity contribution in [3.8, 4) is 0 Å². The summed E-state index contributed by atoms with van der Waals surface area (Å²) >= 11 is 0. The second-order valence-electron chi connectivity index (χ2n) is 5.38. The highest BCUT2D eigenvalue weighted by atomic mass is 16.2. The maximum Gasteiger partial charge on any atom is 0.222 e. The third-order valence-corrected chi connectivity index (χ3v) is 3.85. The van der Waals surface area contributed by atoms with Crippen LogP contribution in [-0.4, -0.2) is 30.4 Å². The first kappa shape index (κ1) is 16.4. The Morgan fingerprint density at radius 1 is 1.24 bits per heavy atom. The fraction of sp³-hybridized carbons (Fsp3) is 0.929. The Kier molecular flexibility index (Phi) is 8.23. The number of hydrogen-bond donors (Lipinski definition) is 1. The molecule has 102 valence electrons. The third kappa shape index (κ3) is 6.06. The van der Waals surface area contributed by atoms with Crippen LogP contribution in [0.2, 0.25) is 0 Å². The van der Waals surface area contributed by atoms with E-state index in [0.29, 0.717) is 24.3 Å². The van der Waals surface area contributed by atoms with E-state index in [1.807, 2.05) is 11.9 Å². The molecule has 0 radical (unpaired) electrons. The average molecular weight is 242 g/mol. The van der Waals surface area contributed by atoms with Crippen molar-refractivity contribution < 1.29 is 4.79 Å². The molecule has 3 nitrogen and oxygen atoms in total. The number of rotatable bonds is 8. The van der Waals surface area contributed by atoms with Crippen LogP contribution >= 0.6 is 0 Å². The van der Waals surface area contributed by atoms with Gasteiger partial charge in [-0.1, -0.05) is 20.8 Å². The van der Waals surface area contributed by atoms with Gasteiger partial charge in [-0.3, -0.25) is 4.79 Å². The molecule has 0 rings (SSSR count). The lowest BCUT2D eigenvalue weighted by Crippen LogP contribution is -2.34. The van der Waals surface area contributed by atoms with E-state index in [1.54, 1.807) is 0 Å². The predicted molar refractivity (Wildman–Crippen MR) is 73.8 cm³/mol. The van der Waals surface area contributed by atoms with Crippen LogP contribution in [0.25, 0.3) is 0 Å². The molecule has 0 aromatic heterocycles. The predicted octanol–water partition coefficient (Wildman–Crippen LogP) is 2.64. The molecular formula is C14H30N2O. The zero-order valence-corrected chi connectivity index (χ0v) is 12.2. The van der Waals surface area contributed by atoms with Crippen molar-refractivity contribution in [3.05, 3.63) is 0 Å². The van der Waals surface area contributed by atoms with Gasteiger partial charge in [0, 0.05) is 19.5 Å². The number of amides is 1. The monoisotopic (exact) mass is 242 g/mol. The maximum absolute atomic E-state index is 12.0. The number of nitrogens with two attached hydrogens (primary N) is 1. The molecular weight excluding hydrogens is 212 g/mol. The summed E-state index contributed by atoms with van der Waals surface area (Å²) in [4.78, 5) is 13.8. The molecule has 0 bridgehead atoms. The average Bonchev–Trinajstić information content (AvgIpc) is 2.31. The highest BCUT2D eigenvalue weighted by Crippen LogP contribution is 2.21. The van der Waals surface area contributed by atoms with Crippen molar-refractivity contribution in [2.45, 2.75) is 59.4 Å². The van der Waals surface area contributed by atoms with Gasteiger partial charge >= 0.3 is 0 Å². The fourth-order valence-electron chi connectivity index (χ4n) is 2.03. The van der Waals surface area contributed by atoms with E-state index in [4.69, 9.17) is 5.73 Å². The third-order valence-electron chi connectivity index (χ3n) is 3.85. The summed E-state index contributed by atoms with van der Waals surface area (Å²) in [5.74, 6) is 1.46. The first-order valence-corrected chi connectivity index (χ1v) is 6.89. The summed E-state index contributed by atoms with van der Waals surface area (Å²) in [6, 6.07) is 0.342. The molecule has 0 aliphatic heterocycles. The summed E-state index contributed by atoms with van der Waals surface area (Å²) in [7, 11) is 1.91. The van der Waals surface area contributed by atoms with Crippen LogP contribution in [0.1, 0.15) is 53.4 Å². The van der Waals surface area contributed by atoms with Crippen molar-refractivity contribution >= 4 is 5.91 Å². The molecule has 0 aliphatic carbocycles. The van der Waals surface area contributed by atoms with E-state index in [1.165, 1.54) is 0 Å². The van der Waals surface area contributed by atoms with Gasteiger partial charge in [-0.05, 0) is 44.6 Å². The van der Waals surface area contributed by atoms with Gasteiger partial charge in [0.2, 0.25) is 5.91 Å². The summed E-state index contributed by atoms with van der Waals surface area (Å²) in [6.45, 7) is 9.35. The van der Waals surface area contributed by atoms with Gasteiger partial charge in [0.15, 0.2) is 0 Å². The molecule has 1 amide bonds. The van der Waals surface area contributed by atoms with Crippen LogP contribution in [0.5, 0.6) is 0 Å². The SMILES string of the molecule is CCC(C)N(C)C(=O)CCC(CCN)C(C)C. The lowest BCUT2D eigenvalue weighted by atomic mass is 9.88. The minimum absolute atomic E-state index is 0.266. The Morgan fingerprint density at radius 2 is 1.82 bits per heavy atom. The Hall–Kier alpha value is -0.570. The largest absolute Gasteiger partial charge is 0.343 e. The molecule has 0 saturated carbocycles. The van der Waals surface area contributed by atoms with Crippen LogP contribution in [0.3, 0.4) is 0 Å². The second kappa shape index (κ2) is 8.51. The molecule has 0 heterocycles. The zero-order valence-electron chi connectivity index (χ0n) is 12.2. The lowest BCUT2D eigenvalue weighted by molar-refractivity contribution is -0.132. The molecule has 2 unspecified atom stereocenters. The van der Waals surface area contributed by atoms with E-state index in [0.717, 1.165) is 25.8 Å². The molecule has 0 aromatic carbocycles. The molecule has 0 aromatic rings. The summed E-state index contributed by atoms with van der Waals surface area (Å²) in [5, 5.41) is 0. The van der Waals surface area contributed by atoms with Gasteiger partial charge in [-0.15, -0.1) is 0 Å². The van der Waals surface area contributed by atoms with Gasteiger partial charge in [0.05, 0.1) is 0 Å². The molecule has 3 heteroatoms. The minimum Gasteiger partial charge on any atom is -0.343 e. The molecule has 17 heavy (non-hydrogen) atoms. The second-order valence-corrected chi connectivity index (χ2v) is 5.38. The molecule has 0 saturated heterocycles. The van der Waals surface area contributed by atoms with Crippen molar-refractivity contribution in [2.75, 3.05) is 13.6 Å². The smallest absolute Gasteiger partial charge is 0.222 e. The topological polar surface area (TPSA) is 46.3 Å². The number of carbonyl (C=O) groups is 1. The highest BCUT2D eigenvalue weighted by molar-refractivity contribution is 5.76. The zero-order chi connectivity index (χ0) is 13.4. The van der Waals surface area contributed by atoms with Crippen LogP contribution in [0.15, 0.2) is 0 Å². The van der Waals surface area contributed by atoms with Gasteiger partial charge < -0.3 is 10.6 Å². The van der Waals surface area contributed by atoms with E-state index in [9.17, 15) is 4.79 Å². The number of carbonyl (C=O) groups excluding carboxylic acids is 1. The summed E-state index contributed by atoms with van der Waals surface area (Å²) < 4.78 is 0. The van der Waals surface area contributed by atoms with Crippen molar-refractivity contribution in [3.63, 3.8) is 0 Å². The van der Waals surface area contributed by atoms with Gasteiger partial charge in [-0.2, -0.15) is 0 Å². The lowest BCUT2D eigenvalue weighted by Gasteiger charge is -2.26. The quantitative estimate of drug-likeness (QED) is 0.711. The van der Waals surface area contributed by atoms with Crippen LogP contribution < -0.4 is 5.73 Å². The molecule has 2 N–H and O–H groups in total.